The van der Waals surface area contributed by atoms with Crippen LogP contribution in [0.2, 0.25) is 5.02 Å². The molecule has 0 saturated heterocycles. The van der Waals surface area contributed by atoms with E-state index in [1.54, 1.807) is 12.1 Å². The molecule has 2 heterocycles. The quantitative estimate of drug-likeness (QED) is 0.503. The number of hydrogen-bond donors (Lipinski definition) is 0. The third kappa shape index (κ3) is 3.92. The van der Waals surface area contributed by atoms with E-state index in [1.165, 1.54) is 4.52 Å². The summed E-state index contributed by atoms with van der Waals surface area (Å²) >= 11 is 7.32. The van der Waals surface area contributed by atoms with Crippen LogP contribution < -0.4 is 20.6 Å². The van der Waals surface area contributed by atoms with E-state index in [9.17, 15) is 9.59 Å². The van der Waals surface area contributed by atoms with E-state index in [0.717, 1.165) is 28.2 Å². The fraction of sp³-hybridized carbons (Fsp3) is 0.143. The molecule has 2 aromatic heterocycles. The Balaban J connectivity index is 1.77. The van der Waals surface area contributed by atoms with Crippen molar-refractivity contribution < 1.29 is 0 Å². The monoisotopic (exact) mass is 424 g/mol. The van der Waals surface area contributed by atoms with Gasteiger partial charge in [-0.15, -0.1) is 0 Å². The number of nitrogens with zero attached hydrogens (tertiary/aromatic N) is 4. The lowest BCUT2D eigenvalue weighted by atomic mass is 10.1. The molecule has 2 aromatic carbocycles. The molecule has 0 amide bonds. The van der Waals surface area contributed by atoms with Crippen molar-refractivity contribution in [3.8, 4) is 0 Å². The number of anilines is 1. The Labute approximate surface area is 175 Å². The van der Waals surface area contributed by atoms with Crippen molar-refractivity contribution in [3.05, 3.63) is 95.6 Å². The summed E-state index contributed by atoms with van der Waals surface area (Å²) in [5.41, 5.74) is 2.16. The lowest BCUT2D eigenvalue weighted by Gasteiger charge is -2.11. The minimum Gasteiger partial charge on any atom is -0.378 e. The van der Waals surface area contributed by atoms with Crippen LogP contribution in [-0.2, 0) is 6.42 Å². The van der Waals surface area contributed by atoms with Crippen LogP contribution in [0.15, 0.2) is 58.1 Å². The molecule has 0 aliphatic rings. The van der Waals surface area contributed by atoms with Crippen molar-refractivity contribution in [2.45, 2.75) is 6.42 Å². The maximum atomic E-state index is 12.8. The molecule has 0 saturated carbocycles. The zero-order valence-electron chi connectivity index (χ0n) is 15.8. The highest BCUT2D eigenvalue weighted by atomic mass is 35.5. The number of rotatable bonds is 4. The SMILES string of the molecule is CN(C)c1ccc(C=c2sc3nc(=O)c(Cc4ccccc4Cl)nn3c2=O)cc1. The van der Waals surface area contributed by atoms with Gasteiger partial charge in [0.05, 0.1) is 4.53 Å². The average molecular weight is 425 g/mol. The highest BCUT2D eigenvalue weighted by Crippen LogP contribution is 2.17. The lowest BCUT2D eigenvalue weighted by Crippen LogP contribution is -2.28. The molecule has 4 rings (SSSR count). The summed E-state index contributed by atoms with van der Waals surface area (Å²) in [4.78, 5) is 31.5. The molecule has 0 radical (unpaired) electrons. The smallest absolute Gasteiger partial charge is 0.296 e. The van der Waals surface area contributed by atoms with Crippen LogP contribution in [0.3, 0.4) is 0 Å². The zero-order chi connectivity index (χ0) is 20.5. The first-order valence-corrected chi connectivity index (χ1v) is 10.1. The highest BCUT2D eigenvalue weighted by Gasteiger charge is 2.13. The standard InChI is InChI=1S/C21H17ClN4O2S/c1-25(2)15-9-7-13(8-10-15)11-18-20(28)26-21(29-18)23-19(27)17(24-26)12-14-5-3-4-6-16(14)22/h3-11H,12H2,1-2H3. The van der Waals surface area contributed by atoms with E-state index < -0.39 is 5.56 Å². The molecule has 0 aliphatic heterocycles. The third-order valence-electron chi connectivity index (χ3n) is 4.47. The van der Waals surface area contributed by atoms with Gasteiger partial charge in [-0.1, -0.05) is 53.3 Å². The Bertz CT molecular complexity index is 1360. The second kappa shape index (κ2) is 7.77. The van der Waals surface area contributed by atoms with Crippen molar-refractivity contribution in [2.24, 2.45) is 0 Å². The largest absolute Gasteiger partial charge is 0.378 e. The minimum absolute atomic E-state index is 0.187. The first-order chi connectivity index (χ1) is 13.9. The van der Waals surface area contributed by atoms with Gasteiger partial charge in [-0.25, -0.2) is 0 Å². The van der Waals surface area contributed by atoms with Crippen molar-refractivity contribution in [1.82, 2.24) is 14.6 Å². The zero-order valence-corrected chi connectivity index (χ0v) is 17.4. The van der Waals surface area contributed by atoms with E-state index in [1.807, 2.05) is 61.5 Å². The van der Waals surface area contributed by atoms with Crippen LogP contribution >= 0.6 is 22.9 Å². The molecule has 6 nitrogen and oxygen atoms in total. The molecule has 0 bridgehead atoms. The molecule has 0 spiro atoms. The molecule has 0 aliphatic carbocycles. The molecule has 29 heavy (non-hydrogen) atoms. The summed E-state index contributed by atoms with van der Waals surface area (Å²) in [5, 5.41) is 4.81. The number of thiazole rings is 1. The maximum Gasteiger partial charge on any atom is 0.296 e. The summed E-state index contributed by atoms with van der Waals surface area (Å²) in [6, 6.07) is 15.0. The number of fused-ring (bicyclic) bond motifs is 1. The molecule has 8 heteroatoms. The second-order valence-corrected chi connectivity index (χ2v) is 8.14. The summed E-state index contributed by atoms with van der Waals surface area (Å²) in [6.07, 6.45) is 2.00. The first kappa shape index (κ1) is 19.3. The number of aromatic nitrogens is 3. The molecule has 0 unspecified atom stereocenters. The van der Waals surface area contributed by atoms with Crippen LogP contribution in [0.25, 0.3) is 11.0 Å². The summed E-state index contributed by atoms with van der Waals surface area (Å²) < 4.78 is 1.66. The van der Waals surface area contributed by atoms with Crippen molar-refractivity contribution in [1.29, 1.82) is 0 Å². The summed E-state index contributed by atoms with van der Waals surface area (Å²) in [7, 11) is 3.93. The van der Waals surface area contributed by atoms with Crippen molar-refractivity contribution in [3.63, 3.8) is 0 Å². The number of benzene rings is 2. The molecule has 0 atom stereocenters. The topological polar surface area (TPSA) is 67.6 Å². The van der Waals surface area contributed by atoms with Gasteiger partial charge < -0.3 is 4.90 Å². The summed E-state index contributed by atoms with van der Waals surface area (Å²) in [6.45, 7) is 0. The highest BCUT2D eigenvalue weighted by molar-refractivity contribution is 7.15. The van der Waals surface area contributed by atoms with Crippen LogP contribution in [0.1, 0.15) is 16.8 Å². The molecular weight excluding hydrogens is 408 g/mol. The average Bonchev–Trinajstić information content (AvgIpc) is 2.99. The Morgan fingerprint density at radius 3 is 2.52 bits per heavy atom. The summed E-state index contributed by atoms with van der Waals surface area (Å²) in [5.74, 6) is 0. The van der Waals surface area contributed by atoms with E-state index in [0.29, 0.717) is 9.55 Å². The molecular formula is C21H17ClN4O2S. The van der Waals surface area contributed by atoms with Gasteiger partial charge >= 0.3 is 0 Å². The number of halogens is 1. The predicted molar refractivity (Wildman–Crippen MR) is 117 cm³/mol. The van der Waals surface area contributed by atoms with E-state index in [-0.39, 0.29) is 22.6 Å². The fourth-order valence-electron chi connectivity index (χ4n) is 2.89. The van der Waals surface area contributed by atoms with Gasteiger partial charge in [0.2, 0.25) is 4.96 Å². The van der Waals surface area contributed by atoms with Gasteiger partial charge in [0.1, 0.15) is 5.69 Å². The van der Waals surface area contributed by atoms with Gasteiger partial charge in [-0.2, -0.15) is 14.6 Å². The Morgan fingerprint density at radius 2 is 1.83 bits per heavy atom. The van der Waals surface area contributed by atoms with Crippen molar-refractivity contribution in [2.75, 3.05) is 19.0 Å². The Morgan fingerprint density at radius 1 is 1.10 bits per heavy atom. The van der Waals surface area contributed by atoms with E-state index in [2.05, 4.69) is 10.1 Å². The molecule has 0 N–H and O–H groups in total. The number of hydrogen-bond acceptors (Lipinski definition) is 6. The van der Waals surface area contributed by atoms with Gasteiger partial charge in [0.15, 0.2) is 0 Å². The van der Waals surface area contributed by atoms with Gasteiger partial charge in [-0.05, 0) is 35.4 Å². The van der Waals surface area contributed by atoms with E-state index >= 15 is 0 Å². The second-order valence-electron chi connectivity index (χ2n) is 6.73. The predicted octanol–water partition coefficient (Wildman–Crippen LogP) is 2.37. The minimum atomic E-state index is -0.451. The van der Waals surface area contributed by atoms with Gasteiger partial charge in [0, 0.05) is 31.2 Å². The van der Waals surface area contributed by atoms with Crippen LogP contribution in [-0.4, -0.2) is 28.7 Å². The van der Waals surface area contributed by atoms with E-state index in [4.69, 9.17) is 11.6 Å². The normalized spacial score (nSPS) is 11.9. The molecule has 0 fully saturated rings. The van der Waals surface area contributed by atoms with Crippen LogP contribution in [0.5, 0.6) is 0 Å². The molecule has 4 aromatic rings. The van der Waals surface area contributed by atoms with Gasteiger partial charge in [-0.3, -0.25) is 9.59 Å². The third-order valence-corrected chi connectivity index (χ3v) is 5.80. The Kier molecular flexibility index (Phi) is 5.17. The Hall–Kier alpha value is -3.03. The maximum absolute atomic E-state index is 12.8. The van der Waals surface area contributed by atoms with Crippen LogP contribution in [0, 0.1) is 0 Å². The molecule has 146 valence electrons. The first-order valence-electron chi connectivity index (χ1n) is 8.87. The van der Waals surface area contributed by atoms with Crippen LogP contribution in [0.4, 0.5) is 5.69 Å². The van der Waals surface area contributed by atoms with Gasteiger partial charge in [0.25, 0.3) is 11.1 Å². The fourth-order valence-corrected chi connectivity index (χ4v) is 4.00. The lowest BCUT2D eigenvalue weighted by molar-refractivity contribution is 0.811. The van der Waals surface area contributed by atoms with Crippen molar-refractivity contribution >= 4 is 39.7 Å².